The largest absolute Gasteiger partial charge is 0.504 e. The van der Waals surface area contributed by atoms with Crippen molar-refractivity contribution in [2.75, 3.05) is 6.61 Å². The number of nitrogens with zero attached hydrogens (tertiary/aromatic N) is 1. The van der Waals surface area contributed by atoms with E-state index in [-0.39, 0.29) is 5.75 Å². The third-order valence-electron chi connectivity index (χ3n) is 5.33. The Bertz CT molecular complexity index is 665. The zero-order valence-electron chi connectivity index (χ0n) is 18.0. The van der Waals surface area contributed by atoms with Crippen molar-refractivity contribution in [1.29, 1.82) is 0 Å². The molecule has 0 saturated carbocycles. The summed E-state index contributed by atoms with van der Waals surface area (Å²) >= 11 is 0. The minimum absolute atomic E-state index is 0.131. The second kappa shape index (κ2) is 13.5. The molecule has 4 nitrogen and oxygen atoms in total. The minimum Gasteiger partial charge on any atom is -0.504 e. The Hall–Kier alpha value is -1.71. The van der Waals surface area contributed by atoms with Gasteiger partial charge in [-0.05, 0) is 6.42 Å². The maximum absolute atomic E-state index is 10.0. The highest BCUT2D eigenvalue weighted by Crippen LogP contribution is 2.31. The molecule has 0 aliphatic rings. The second-order valence-corrected chi connectivity index (χ2v) is 7.97. The van der Waals surface area contributed by atoms with E-state index in [1.165, 1.54) is 83.5 Å². The van der Waals surface area contributed by atoms with E-state index in [0.717, 1.165) is 6.42 Å². The highest BCUT2D eigenvalue weighted by molar-refractivity contribution is 5.77. The molecular weight excluding hydrogens is 350 g/mol. The number of benzene rings is 1. The predicted molar refractivity (Wildman–Crippen MR) is 116 cm³/mol. The van der Waals surface area contributed by atoms with Crippen LogP contribution in [0.1, 0.15) is 103 Å². The number of hydrogen-bond donors (Lipinski definition) is 1. The lowest BCUT2D eigenvalue weighted by Gasteiger charge is -2.08. The molecule has 158 valence electrons. The van der Waals surface area contributed by atoms with Gasteiger partial charge in [-0.15, -0.1) is 0 Å². The summed E-state index contributed by atoms with van der Waals surface area (Å²) in [5.41, 5.74) is 1.32. The van der Waals surface area contributed by atoms with Crippen LogP contribution in [0.5, 0.6) is 11.5 Å². The Morgan fingerprint density at radius 1 is 0.821 bits per heavy atom. The van der Waals surface area contributed by atoms with E-state index in [2.05, 4.69) is 11.9 Å². The Kier molecular flexibility index (Phi) is 10.9. The summed E-state index contributed by atoms with van der Waals surface area (Å²) in [6.45, 7) is 4.70. The van der Waals surface area contributed by atoms with Crippen LogP contribution in [-0.2, 0) is 0 Å². The van der Waals surface area contributed by atoms with E-state index >= 15 is 0 Å². The molecule has 1 heterocycles. The van der Waals surface area contributed by atoms with E-state index < -0.39 is 0 Å². The molecule has 4 heteroatoms. The zero-order valence-corrected chi connectivity index (χ0v) is 18.0. The fourth-order valence-electron chi connectivity index (χ4n) is 3.65. The SMILES string of the molecule is CCCCCCCCCCCCCCCCOc1cc2oc(C)nc2cc1O. The molecule has 0 fully saturated rings. The van der Waals surface area contributed by atoms with Gasteiger partial charge in [0.2, 0.25) is 0 Å². The van der Waals surface area contributed by atoms with Crippen molar-refractivity contribution in [3.8, 4) is 11.5 Å². The lowest BCUT2D eigenvalue weighted by molar-refractivity contribution is 0.289. The molecule has 0 amide bonds. The number of rotatable bonds is 16. The first-order valence-electron chi connectivity index (χ1n) is 11.4. The smallest absolute Gasteiger partial charge is 0.192 e. The van der Waals surface area contributed by atoms with Crippen LogP contribution in [0.4, 0.5) is 0 Å². The molecule has 0 aliphatic heterocycles. The van der Waals surface area contributed by atoms with Crippen LogP contribution in [0.2, 0.25) is 0 Å². The average Bonchev–Trinajstić information content (AvgIpc) is 3.03. The van der Waals surface area contributed by atoms with Gasteiger partial charge in [-0.25, -0.2) is 4.98 Å². The first-order chi connectivity index (χ1) is 13.7. The van der Waals surface area contributed by atoms with Crippen LogP contribution in [0.15, 0.2) is 16.5 Å². The van der Waals surface area contributed by atoms with E-state index in [1.54, 1.807) is 19.1 Å². The summed E-state index contributed by atoms with van der Waals surface area (Å²) in [7, 11) is 0. The van der Waals surface area contributed by atoms with Crippen LogP contribution >= 0.6 is 0 Å². The topological polar surface area (TPSA) is 55.5 Å². The van der Waals surface area contributed by atoms with Crippen LogP contribution in [0.3, 0.4) is 0 Å². The Labute approximate surface area is 170 Å². The van der Waals surface area contributed by atoms with Crippen molar-refractivity contribution in [2.24, 2.45) is 0 Å². The van der Waals surface area contributed by atoms with Crippen molar-refractivity contribution >= 4 is 11.1 Å². The van der Waals surface area contributed by atoms with Crippen molar-refractivity contribution < 1.29 is 14.3 Å². The maximum atomic E-state index is 10.0. The van der Waals surface area contributed by atoms with Crippen LogP contribution in [0, 0.1) is 6.92 Å². The van der Waals surface area contributed by atoms with E-state index in [4.69, 9.17) is 9.15 Å². The van der Waals surface area contributed by atoms with Gasteiger partial charge in [0.1, 0.15) is 5.52 Å². The number of ether oxygens (including phenoxy) is 1. The highest BCUT2D eigenvalue weighted by Gasteiger charge is 2.09. The first kappa shape index (κ1) is 22.6. The number of phenols is 1. The summed E-state index contributed by atoms with van der Waals surface area (Å²) in [5.74, 6) is 1.21. The van der Waals surface area contributed by atoms with Gasteiger partial charge in [-0.3, -0.25) is 0 Å². The zero-order chi connectivity index (χ0) is 20.0. The number of aromatic nitrogens is 1. The molecule has 2 rings (SSSR count). The normalized spacial score (nSPS) is 11.4. The highest BCUT2D eigenvalue weighted by atomic mass is 16.5. The molecule has 0 atom stereocenters. The predicted octanol–water partition coefficient (Wildman–Crippen LogP) is 7.70. The van der Waals surface area contributed by atoms with Gasteiger partial charge in [0.25, 0.3) is 0 Å². The molecule has 0 aliphatic carbocycles. The molecule has 0 saturated heterocycles. The second-order valence-electron chi connectivity index (χ2n) is 7.97. The number of oxazole rings is 1. The van der Waals surface area contributed by atoms with Gasteiger partial charge in [-0.2, -0.15) is 0 Å². The molecule has 28 heavy (non-hydrogen) atoms. The summed E-state index contributed by atoms with van der Waals surface area (Å²) in [4.78, 5) is 4.21. The summed E-state index contributed by atoms with van der Waals surface area (Å²) < 4.78 is 11.2. The molecule has 1 aromatic carbocycles. The van der Waals surface area contributed by atoms with Gasteiger partial charge < -0.3 is 14.3 Å². The monoisotopic (exact) mass is 389 g/mol. The average molecular weight is 390 g/mol. The fraction of sp³-hybridized carbons (Fsp3) is 0.708. The lowest BCUT2D eigenvalue weighted by Crippen LogP contribution is -1.97. The van der Waals surface area contributed by atoms with Crippen molar-refractivity contribution in [3.05, 3.63) is 18.0 Å². The first-order valence-corrected chi connectivity index (χ1v) is 11.4. The third-order valence-corrected chi connectivity index (χ3v) is 5.33. The quantitative estimate of drug-likeness (QED) is 0.299. The third kappa shape index (κ3) is 8.53. The number of phenolic OH excluding ortho intramolecular Hbond substituents is 1. The van der Waals surface area contributed by atoms with Crippen molar-refractivity contribution in [3.63, 3.8) is 0 Å². The minimum atomic E-state index is 0.131. The van der Waals surface area contributed by atoms with E-state index in [9.17, 15) is 5.11 Å². The van der Waals surface area contributed by atoms with Gasteiger partial charge in [0.15, 0.2) is 23.0 Å². The summed E-state index contributed by atoms with van der Waals surface area (Å²) in [6.07, 6.45) is 18.8. The van der Waals surface area contributed by atoms with Crippen LogP contribution in [-0.4, -0.2) is 16.7 Å². The van der Waals surface area contributed by atoms with Crippen LogP contribution in [0.25, 0.3) is 11.1 Å². The summed E-state index contributed by atoms with van der Waals surface area (Å²) in [5, 5.41) is 10.0. The van der Waals surface area contributed by atoms with E-state index in [1.807, 2.05) is 0 Å². The molecule has 0 bridgehead atoms. The Balaban J connectivity index is 1.42. The van der Waals surface area contributed by atoms with Crippen molar-refractivity contribution in [1.82, 2.24) is 4.98 Å². The van der Waals surface area contributed by atoms with Gasteiger partial charge in [-0.1, -0.05) is 90.4 Å². The van der Waals surface area contributed by atoms with Gasteiger partial charge >= 0.3 is 0 Å². The standard InChI is InChI=1S/C24H39NO3/c1-3-4-5-6-7-8-9-10-11-12-13-14-15-16-17-27-24-19-23-21(18-22(24)26)25-20(2)28-23/h18-19,26H,3-17H2,1-2H3. The number of aryl methyl sites for hydroxylation is 1. The number of aromatic hydroxyl groups is 1. The van der Waals surface area contributed by atoms with Crippen molar-refractivity contribution in [2.45, 2.75) is 104 Å². The molecule has 1 aromatic heterocycles. The van der Waals surface area contributed by atoms with Gasteiger partial charge in [0, 0.05) is 19.1 Å². The molecule has 1 N–H and O–H groups in total. The maximum Gasteiger partial charge on any atom is 0.192 e. The van der Waals surface area contributed by atoms with E-state index in [0.29, 0.717) is 29.3 Å². The van der Waals surface area contributed by atoms with Gasteiger partial charge in [0.05, 0.1) is 6.61 Å². The Morgan fingerprint density at radius 3 is 1.93 bits per heavy atom. The molecular formula is C24H39NO3. The molecule has 2 aromatic rings. The molecule has 0 unspecified atom stereocenters. The van der Waals surface area contributed by atoms with Crippen LogP contribution < -0.4 is 4.74 Å². The lowest BCUT2D eigenvalue weighted by atomic mass is 10.0. The number of fused-ring (bicyclic) bond motifs is 1. The molecule has 0 radical (unpaired) electrons. The summed E-state index contributed by atoms with van der Waals surface area (Å²) in [6, 6.07) is 3.33. The number of hydrogen-bond acceptors (Lipinski definition) is 4. The Morgan fingerprint density at radius 2 is 1.36 bits per heavy atom. The number of unbranched alkanes of at least 4 members (excludes halogenated alkanes) is 13. The fourth-order valence-corrected chi connectivity index (χ4v) is 3.65. The molecule has 0 spiro atoms.